The summed E-state index contributed by atoms with van der Waals surface area (Å²) in [6, 6.07) is 0.635. The Kier molecular flexibility index (Phi) is 3.96. The maximum Gasteiger partial charge on any atom is 0.0283 e. The van der Waals surface area contributed by atoms with Gasteiger partial charge in [-0.2, -0.15) is 0 Å². The molecule has 84 valence electrons. The summed E-state index contributed by atoms with van der Waals surface area (Å²) in [7, 11) is 2.21. The van der Waals surface area contributed by atoms with Crippen LogP contribution in [0.1, 0.15) is 46.5 Å². The topological polar surface area (TPSA) is 29.3 Å². The molecule has 0 amide bonds. The summed E-state index contributed by atoms with van der Waals surface area (Å²) in [4.78, 5) is 2.43. The first-order chi connectivity index (χ1) is 6.44. The molecule has 2 nitrogen and oxygen atoms in total. The van der Waals surface area contributed by atoms with E-state index in [1.807, 2.05) is 0 Å². The van der Waals surface area contributed by atoms with Crippen LogP contribution in [0.5, 0.6) is 0 Å². The highest BCUT2D eigenvalue weighted by Crippen LogP contribution is 2.28. The smallest absolute Gasteiger partial charge is 0.0283 e. The normalized spacial score (nSPS) is 23.4. The van der Waals surface area contributed by atoms with Crippen LogP contribution < -0.4 is 5.73 Å². The molecule has 0 aliphatic heterocycles. The fourth-order valence-corrected chi connectivity index (χ4v) is 2.39. The second-order valence-electron chi connectivity index (χ2n) is 5.47. The zero-order valence-corrected chi connectivity index (χ0v) is 10.2. The van der Waals surface area contributed by atoms with Gasteiger partial charge >= 0.3 is 0 Å². The summed E-state index contributed by atoms with van der Waals surface area (Å²) in [6.07, 6.45) is 5.06. The number of hydrogen-bond acceptors (Lipinski definition) is 2. The van der Waals surface area contributed by atoms with Gasteiger partial charge in [-0.05, 0) is 32.7 Å². The second-order valence-corrected chi connectivity index (χ2v) is 5.47. The molecule has 0 aromatic carbocycles. The van der Waals surface area contributed by atoms with Gasteiger partial charge in [0.1, 0.15) is 0 Å². The van der Waals surface area contributed by atoms with Crippen molar-refractivity contribution in [2.75, 3.05) is 13.6 Å². The molecule has 0 saturated heterocycles. The largest absolute Gasteiger partial charge is 0.324 e. The van der Waals surface area contributed by atoms with Crippen molar-refractivity contribution in [3.8, 4) is 0 Å². The molecular weight excluding hydrogens is 172 g/mol. The highest BCUT2D eigenvalue weighted by atomic mass is 15.1. The Balaban J connectivity index is 2.42. The standard InChI is InChI=1S/C12H26N2/c1-10(2)11(3)14(4)9-12(13)7-5-6-8-12/h10-11H,5-9,13H2,1-4H3. The van der Waals surface area contributed by atoms with Crippen molar-refractivity contribution in [2.24, 2.45) is 11.7 Å². The van der Waals surface area contributed by atoms with Crippen LogP contribution in [0, 0.1) is 5.92 Å². The molecule has 1 aliphatic carbocycles. The van der Waals surface area contributed by atoms with Gasteiger partial charge in [0, 0.05) is 18.1 Å². The summed E-state index contributed by atoms with van der Waals surface area (Å²) >= 11 is 0. The van der Waals surface area contributed by atoms with E-state index in [0.29, 0.717) is 12.0 Å². The minimum absolute atomic E-state index is 0.109. The van der Waals surface area contributed by atoms with Crippen molar-refractivity contribution in [1.29, 1.82) is 0 Å². The van der Waals surface area contributed by atoms with Crippen molar-refractivity contribution in [3.05, 3.63) is 0 Å². The Morgan fingerprint density at radius 1 is 1.21 bits per heavy atom. The van der Waals surface area contributed by atoms with Gasteiger partial charge in [-0.25, -0.2) is 0 Å². The van der Waals surface area contributed by atoms with Crippen LogP contribution in [0.15, 0.2) is 0 Å². The number of nitrogens with zero attached hydrogens (tertiary/aromatic N) is 1. The lowest BCUT2D eigenvalue weighted by Crippen LogP contribution is -2.50. The Hall–Kier alpha value is -0.0800. The van der Waals surface area contributed by atoms with E-state index < -0.39 is 0 Å². The highest BCUT2D eigenvalue weighted by molar-refractivity contribution is 4.92. The van der Waals surface area contributed by atoms with Crippen molar-refractivity contribution >= 4 is 0 Å². The zero-order valence-electron chi connectivity index (χ0n) is 10.2. The average molecular weight is 198 g/mol. The van der Waals surface area contributed by atoms with Crippen LogP contribution in [-0.2, 0) is 0 Å². The van der Waals surface area contributed by atoms with Gasteiger partial charge in [-0.15, -0.1) is 0 Å². The van der Waals surface area contributed by atoms with E-state index in [0.717, 1.165) is 6.54 Å². The monoisotopic (exact) mass is 198 g/mol. The van der Waals surface area contributed by atoms with Crippen molar-refractivity contribution in [2.45, 2.75) is 58.0 Å². The molecular formula is C12H26N2. The molecule has 2 heteroatoms. The van der Waals surface area contributed by atoms with Crippen LogP contribution in [0.4, 0.5) is 0 Å². The highest BCUT2D eigenvalue weighted by Gasteiger charge is 2.31. The van der Waals surface area contributed by atoms with Crippen molar-refractivity contribution in [1.82, 2.24) is 4.90 Å². The number of hydrogen-bond donors (Lipinski definition) is 1. The first kappa shape index (κ1) is 12.0. The molecule has 1 unspecified atom stereocenters. The Morgan fingerprint density at radius 2 is 1.71 bits per heavy atom. The van der Waals surface area contributed by atoms with Gasteiger partial charge in [-0.3, -0.25) is 0 Å². The van der Waals surface area contributed by atoms with Gasteiger partial charge in [0.05, 0.1) is 0 Å². The molecule has 0 spiro atoms. The van der Waals surface area contributed by atoms with Crippen molar-refractivity contribution < 1.29 is 0 Å². The minimum atomic E-state index is 0.109. The van der Waals surface area contributed by atoms with E-state index in [9.17, 15) is 0 Å². The summed E-state index contributed by atoms with van der Waals surface area (Å²) in [5.41, 5.74) is 6.47. The summed E-state index contributed by atoms with van der Waals surface area (Å²) < 4.78 is 0. The number of nitrogens with two attached hydrogens (primary N) is 1. The third-order valence-electron chi connectivity index (χ3n) is 3.82. The minimum Gasteiger partial charge on any atom is -0.324 e. The maximum atomic E-state index is 6.36. The third kappa shape index (κ3) is 2.96. The summed E-state index contributed by atoms with van der Waals surface area (Å²) in [5.74, 6) is 0.713. The van der Waals surface area contributed by atoms with E-state index in [1.165, 1.54) is 25.7 Å². The fourth-order valence-electron chi connectivity index (χ4n) is 2.39. The van der Waals surface area contributed by atoms with E-state index in [4.69, 9.17) is 5.73 Å². The first-order valence-corrected chi connectivity index (χ1v) is 5.94. The quantitative estimate of drug-likeness (QED) is 0.750. The number of rotatable bonds is 4. The van der Waals surface area contributed by atoms with E-state index in [1.54, 1.807) is 0 Å². The Morgan fingerprint density at radius 3 is 2.14 bits per heavy atom. The molecule has 1 aliphatic rings. The Bertz CT molecular complexity index is 171. The van der Waals surface area contributed by atoms with Gasteiger partial charge in [-0.1, -0.05) is 26.7 Å². The van der Waals surface area contributed by atoms with Gasteiger partial charge < -0.3 is 10.6 Å². The zero-order chi connectivity index (χ0) is 10.8. The van der Waals surface area contributed by atoms with Crippen LogP contribution in [-0.4, -0.2) is 30.1 Å². The average Bonchev–Trinajstić information content (AvgIpc) is 2.50. The fraction of sp³-hybridized carbons (Fsp3) is 1.00. The lowest BCUT2D eigenvalue weighted by atomic mass is 9.96. The molecule has 0 aromatic heterocycles. The molecule has 0 heterocycles. The molecule has 1 rings (SSSR count). The first-order valence-electron chi connectivity index (χ1n) is 5.94. The van der Waals surface area contributed by atoms with Crippen LogP contribution >= 0.6 is 0 Å². The lowest BCUT2D eigenvalue weighted by molar-refractivity contribution is 0.165. The molecule has 14 heavy (non-hydrogen) atoms. The predicted molar refractivity (Wildman–Crippen MR) is 62.3 cm³/mol. The van der Waals surface area contributed by atoms with E-state index in [2.05, 4.69) is 32.7 Å². The van der Waals surface area contributed by atoms with Gasteiger partial charge in [0.25, 0.3) is 0 Å². The van der Waals surface area contributed by atoms with Gasteiger partial charge in [0.15, 0.2) is 0 Å². The van der Waals surface area contributed by atoms with Crippen LogP contribution in [0.3, 0.4) is 0 Å². The summed E-state index contributed by atoms with van der Waals surface area (Å²) in [5, 5.41) is 0. The molecule has 0 radical (unpaired) electrons. The molecule has 1 saturated carbocycles. The molecule has 0 aromatic rings. The number of likely N-dealkylation sites (N-methyl/N-ethyl adjacent to an activating group) is 1. The Labute approximate surface area is 88.8 Å². The van der Waals surface area contributed by atoms with E-state index in [-0.39, 0.29) is 5.54 Å². The summed E-state index contributed by atoms with van der Waals surface area (Å²) in [6.45, 7) is 7.91. The van der Waals surface area contributed by atoms with Gasteiger partial charge in [0.2, 0.25) is 0 Å². The van der Waals surface area contributed by atoms with E-state index >= 15 is 0 Å². The van der Waals surface area contributed by atoms with Crippen molar-refractivity contribution in [3.63, 3.8) is 0 Å². The van der Waals surface area contributed by atoms with Crippen LogP contribution in [0.25, 0.3) is 0 Å². The SMILES string of the molecule is CC(C)C(C)N(C)CC1(N)CCCC1. The lowest BCUT2D eigenvalue weighted by Gasteiger charge is -2.35. The molecule has 1 fully saturated rings. The second kappa shape index (κ2) is 4.63. The van der Waals surface area contributed by atoms with Crippen LogP contribution in [0.2, 0.25) is 0 Å². The predicted octanol–water partition coefficient (Wildman–Crippen LogP) is 2.23. The molecule has 0 bridgehead atoms. The molecule has 2 N–H and O–H groups in total. The maximum absolute atomic E-state index is 6.36. The molecule has 1 atom stereocenters. The third-order valence-corrected chi connectivity index (χ3v) is 3.82.